The van der Waals surface area contributed by atoms with Crippen molar-refractivity contribution in [3.63, 3.8) is 0 Å². The van der Waals surface area contributed by atoms with Crippen molar-refractivity contribution in [2.75, 3.05) is 6.79 Å². The predicted octanol–water partition coefficient (Wildman–Crippen LogP) is 6.29. The molecule has 0 bridgehead atoms. The number of hydrogen-bond acceptors (Lipinski definition) is 6. The van der Waals surface area contributed by atoms with E-state index in [4.69, 9.17) is 30.8 Å². The standard InChI is InChI=1S/C29H26ClN3O4/c30-22-11-13-25(35-17-19-10-12-26-27(14-19)37-18-36-26)21(15-22)16-31-33-28(20-6-2-1-3-7-20)32-24-9-5-4-8-23(24)29(33)34/h4-5,8-16,20H,1-3,6-7,17-18H2. The molecule has 188 valence electrons. The van der Waals surface area contributed by atoms with Crippen LogP contribution in [0.1, 0.15) is 55.0 Å². The molecule has 1 aromatic heterocycles. The van der Waals surface area contributed by atoms with Crippen molar-refractivity contribution in [2.45, 2.75) is 44.6 Å². The van der Waals surface area contributed by atoms with E-state index in [0.29, 0.717) is 45.4 Å². The van der Waals surface area contributed by atoms with E-state index in [1.807, 2.05) is 36.4 Å². The topological polar surface area (TPSA) is 74.9 Å². The van der Waals surface area contributed by atoms with Crippen LogP contribution in [0.25, 0.3) is 10.9 Å². The lowest BCUT2D eigenvalue weighted by molar-refractivity contribution is 0.174. The Morgan fingerprint density at radius 1 is 1.03 bits per heavy atom. The van der Waals surface area contributed by atoms with Crippen LogP contribution in [-0.4, -0.2) is 22.7 Å². The fourth-order valence-electron chi connectivity index (χ4n) is 4.94. The molecule has 1 aliphatic carbocycles. The molecule has 1 aliphatic heterocycles. The molecule has 2 aliphatic rings. The highest BCUT2D eigenvalue weighted by atomic mass is 35.5. The first-order valence-corrected chi connectivity index (χ1v) is 12.9. The highest BCUT2D eigenvalue weighted by Crippen LogP contribution is 2.34. The molecule has 4 aromatic rings. The molecule has 0 N–H and O–H groups in total. The summed E-state index contributed by atoms with van der Waals surface area (Å²) >= 11 is 6.31. The maximum atomic E-state index is 13.5. The average molecular weight is 516 g/mol. The molecule has 2 heterocycles. The molecule has 0 spiro atoms. The molecule has 0 saturated heterocycles. The van der Waals surface area contributed by atoms with Crippen LogP contribution < -0.4 is 19.8 Å². The Kier molecular flexibility index (Phi) is 6.53. The summed E-state index contributed by atoms with van der Waals surface area (Å²) in [7, 11) is 0. The molecule has 0 unspecified atom stereocenters. The number of rotatable bonds is 6. The summed E-state index contributed by atoms with van der Waals surface area (Å²) in [4.78, 5) is 18.4. The lowest BCUT2D eigenvalue weighted by Gasteiger charge is -2.22. The SMILES string of the molecule is O=c1c2ccccc2nc(C2CCCCC2)n1N=Cc1cc(Cl)ccc1OCc1ccc2c(c1)OCO2. The third-order valence-electron chi connectivity index (χ3n) is 6.86. The summed E-state index contributed by atoms with van der Waals surface area (Å²) in [6.45, 7) is 0.549. The van der Waals surface area contributed by atoms with Crippen molar-refractivity contribution in [1.82, 2.24) is 9.66 Å². The van der Waals surface area contributed by atoms with Crippen molar-refractivity contribution >= 4 is 28.7 Å². The second-order valence-electron chi connectivity index (χ2n) is 9.34. The Morgan fingerprint density at radius 2 is 1.86 bits per heavy atom. The third kappa shape index (κ3) is 4.91. The first-order valence-electron chi connectivity index (χ1n) is 12.5. The Labute approximate surface area is 219 Å². The molecule has 0 atom stereocenters. The van der Waals surface area contributed by atoms with E-state index in [2.05, 4.69) is 5.10 Å². The van der Waals surface area contributed by atoms with E-state index in [1.165, 1.54) is 11.1 Å². The van der Waals surface area contributed by atoms with E-state index in [9.17, 15) is 4.79 Å². The van der Waals surface area contributed by atoms with Crippen LogP contribution in [0.3, 0.4) is 0 Å². The fraction of sp³-hybridized carbons (Fsp3) is 0.276. The summed E-state index contributed by atoms with van der Waals surface area (Å²) in [5.41, 5.74) is 2.14. The molecule has 0 radical (unpaired) electrons. The van der Waals surface area contributed by atoms with Gasteiger partial charge in [0.25, 0.3) is 5.56 Å². The minimum Gasteiger partial charge on any atom is -0.488 e. The van der Waals surface area contributed by atoms with Crippen LogP contribution in [0.2, 0.25) is 5.02 Å². The van der Waals surface area contributed by atoms with Gasteiger partial charge in [-0.2, -0.15) is 9.78 Å². The van der Waals surface area contributed by atoms with Gasteiger partial charge in [0.05, 0.1) is 17.1 Å². The fourth-order valence-corrected chi connectivity index (χ4v) is 5.12. The van der Waals surface area contributed by atoms with E-state index in [1.54, 1.807) is 30.5 Å². The summed E-state index contributed by atoms with van der Waals surface area (Å²) in [5.74, 6) is 2.95. The molecule has 0 amide bonds. The molecule has 8 heteroatoms. The molecule has 1 saturated carbocycles. The normalized spacial score (nSPS) is 15.5. The Bertz CT molecular complexity index is 1540. The number of nitrogens with zero attached hydrogens (tertiary/aromatic N) is 3. The monoisotopic (exact) mass is 515 g/mol. The summed E-state index contributed by atoms with van der Waals surface area (Å²) in [6.07, 6.45) is 7.10. The van der Waals surface area contributed by atoms with Crippen molar-refractivity contribution in [3.8, 4) is 17.2 Å². The predicted molar refractivity (Wildman–Crippen MR) is 143 cm³/mol. The van der Waals surface area contributed by atoms with Crippen molar-refractivity contribution in [2.24, 2.45) is 5.10 Å². The largest absolute Gasteiger partial charge is 0.488 e. The van der Waals surface area contributed by atoms with Crippen LogP contribution in [0.5, 0.6) is 17.2 Å². The maximum Gasteiger partial charge on any atom is 0.282 e. The molecule has 3 aromatic carbocycles. The first-order chi connectivity index (χ1) is 18.2. The molecule has 37 heavy (non-hydrogen) atoms. The average Bonchev–Trinajstić information content (AvgIpc) is 3.40. The third-order valence-corrected chi connectivity index (χ3v) is 7.10. The van der Waals surface area contributed by atoms with Gasteiger partial charge < -0.3 is 14.2 Å². The second-order valence-corrected chi connectivity index (χ2v) is 9.78. The zero-order valence-electron chi connectivity index (χ0n) is 20.2. The van der Waals surface area contributed by atoms with Crippen LogP contribution in [0.15, 0.2) is 70.6 Å². The van der Waals surface area contributed by atoms with E-state index >= 15 is 0 Å². The Balaban J connectivity index is 1.33. The number of ether oxygens (including phenoxy) is 3. The van der Waals surface area contributed by atoms with E-state index < -0.39 is 0 Å². The summed E-state index contributed by atoms with van der Waals surface area (Å²) in [6, 6.07) is 18.5. The van der Waals surface area contributed by atoms with Crippen molar-refractivity contribution < 1.29 is 14.2 Å². The Morgan fingerprint density at radius 3 is 2.76 bits per heavy atom. The van der Waals surface area contributed by atoms with Gasteiger partial charge in [0.2, 0.25) is 6.79 Å². The van der Waals surface area contributed by atoms with Gasteiger partial charge in [-0.25, -0.2) is 4.98 Å². The van der Waals surface area contributed by atoms with Crippen LogP contribution in [-0.2, 0) is 6.61 Å². The second kappa shape index (κ2) is 10.3. The van der Waals surface area contributed by atoms with Gasteiger partial charge in [-0.1, -0.05) is 49.1 Å². The molecule has 7 nitrogen and oxygen atoms in total. The maximum absolute atomic E-state index is 13.5. The zero-order chi connectivity index (χ0) is 25.2. The lowest BCUT2D eigenvalue weighted by Crippen LogP contribution is -2.25. The zero-order valence-corrected chi connectivity index (χ0v) is 21.0. The van der Waals surface area contributed by atoms with Gasteiger partial charge in [-0.3, -0.25) is 4.79 Å². The van der Waals surface area contributed by atoms with Gasteiger partial charge in [0, 0.05) is 16.5 Å². The number of benzene rings is 3. The number of aromatic nitrogens is 2. The van der Waals surface area contributed by atoms with Crippen LogP contribution in [0.4, 0.5) is 0 Å². The Hall–Kier alpha value is -3.84. The van der Waals surface area contributed by atoms with Gasteiger partial charge in [0.1, 0.15) is 18.2 Å². The van der Waals surface area contributed by atoms with Gasteiger partial charge >= 0.3 is 0 Å². The minimum atomic E-state index is -0.174. The molecular weight excluding hydrogens is 490 g/mol. The van der Waals surface area contributed by atoms with Crippen molar-refractivity contribution in [1.29, 1.82) is 0 Å². The van der Waals surface area contributed by atoms with Crippen molar-refractivity contribution in [3.05, 3.63) is 93.0 Å². The van der Waals surface area contributed by atoms with Crippen LogP contribution >= 0.6 is 11.6 Å². The van der Waals surface area contributed by atoms with Crippen LogP contribution in [0, 0.1) is 0 Å². The molecule has 1 fully saturated rings. The number of halogens is 1. The van der Waals surface area contributed by atoms with Gasteiger partial charge in [0.15, 0.2) is 11.5 Å². The first kappa shape index (κ1) is 23.6. The number of para-hydroxylation sites is 1. The minimum absolute atomic E-state index is 0.174. The lowest BCUT2D eigenvalue weighted by atomic mass is 9.88. The highest BCUT2D eigenvalue weighted by Gasteiger charge is 2.22. The highest BCUT2D eigenvalue weighted by molar-refractivity contribution is 6.30. The summed E-state index contributed by atoms with van der Waals surface area (Å²) in [5, 5.41) is 5.74. The van der Waals surface area contributed by atoms with E-state index in [-0.39, 0.29) is 18.3 Å². The van der Waals surface area contributed by atoms with E-state index in [0.717, 1.165) is 37.0 Å². The van der Waals surface area contributed by atoms with Gasteiger partial charge in [-0.05, 0) is 60.9 Å². The molecule has 6 rings (SSSR count). The summed E-state index contributed by atoms with van der Waals surface area (Å²) < 4.78 is 18.4. The quantitative estimate of drug-likeness (QED) is 0.282. The number of fused-ring (bicyclic) bond motifs is 2. The number of hydrogen-bond donors (Lipinski definition) is 0. The van der Waals surface area contributed by atoms with Gasteiger partial charge in [-0.15, -0.1) is 0 Å². The molecular formula is C29H26ClN3O4. The smallest absolute Gasteiger partial charge is 0.282 e.